The molecule has 2 aromatic carbocycles. The minimum Gasteiger partial charge on any atom is -0.493 e. The second-order valence-electron chi connectivity index (χ2n) is 8.85. The Bertz CT molecular complexity index is 1790. The maximum atomic E-state index is 6.47. The van der Waals surface area contributed by atoms with Crippen molar-refractivity contribution in [1.82, 2.24) is 29.4 Å². The normalized spacial score (nSPS) is 14.1. The summed E-state index contributed by atoms with van der Waals surface area (Å²) in [4.78, 5) is 9.49. The predicted molar refractivity (Wildman–Crippen MR) is 137 cm³/mol. The number of hydrogen-bond acceptors (Lipinski definition) is 8. The third-order valence-electron chi connectivity index (χ3n) is 6.70. The molecule has 0 fully saturated rings. The quantitative estimate of drug-likeness (QED) is 0.315. The van der Waals surface area contributed by atoms with Crippen molar-refractivity contribution in [3.05, 3.63) is 95.6 Å². The lowest BCUT2D eigenvalue weighted by molar-refractivity contribution is 0.354. The maximum absolute atomic E-state index is 6.47. The van der Waals surface area contributed by atoms with Crippen LogP contribution in [0.1, 0.15) is 28.3 Å². The highest BCUT2D eigenvalue weighted by Gasteiger charge is 2.38. The molecular formula is C28H22N6O4. The monoisotopic (exact) mass is 506 g/mol. The predicted octanol–water partition coefficient (Wildman–Crippen LogP) is 5.18. The highest BCUT2D eigenvalue weighted by Crippen LogP contribution is 2.50. The van der Waals surface area contributed by atoms with Gasteiger partial charge in [-0.2, -0.15) is 5.10 Å². The molecule has 0 saturated heterocycles. The molecule has 0 aliphatic carbocycles. The Kier molecular flexibility index (Phi) is 4.93. The molecule has 7 rings (SSSR count). The minimum absolute atomic E-state index is 0.323. The number of benzene rings is 2. The summed E-state index contributed by atoms with van der Waals surface area (Å²) in [5, 5.41) is 9.49. The number of ether oxygens (including phenoxy) is 3. The molecule has 0 saturated carbocycles. The lowest BCUT2D eigenvalue weighted by Gasteiger charge is -2.26. The lowest BCUT2D eigenvalue weighted by atomic mass is 9.84. The molecule has 0 bridgehead atoms. The summed E-state index contributed by atoms with van der Waals surface area (Å²) in [5.74, 6) is 2.99. The maximum Gasteiger partial charge on any atom is 0.230 e. The minimum atomic E-state index is -0.323. The summed E-state index contributed by atoms with van der Waals surface area (Å²) in [7, 11) is 3.24. The Labute approximate surface area is 217 Å². The molecule has 0 amide bonds. The van der Waals surface area contributed by atoms with E-state index in [1.165, 1.54) is 0 Å². The smallest absolute Gasteiger partial charge is 0.230 e. The highest BCUT2D eigenvalue weighted by molar-refractivity contribution is 5.68. The Morgan fingerprint density at radius 3 is 2.50 bits per heavy atom. The van der Waals surface area contributed by atoms with Crippen molar-refractivity contribution in [2.75, 3.05) is 14.2 Å². The van der Waals surface area contributed by atoms with Crippen LogP contribution in [0.5, 0.6) is 23.3 Å². The van der Waals surface area contributed by atoms with E-state index in [-0.39, 0.29) is 5.92 Å². The van der Waals surface area contributed by atoms with Crippen molar-refractivity contribution >= 4 is 5.65 Å². The molecule has 38 heavy (non-hydrogen) atoms. The van der Waals surface area contributed by atoms with E-state index in [2.05, 4.69) is 10.1 Å². The number of para-hydroxylation sites is 1. The fourth-order valence-electron chi connectivity index (χ4n) is 5.00. The average molecular weight is 507 g/mol. The fourth-order valence-corrected chi connectivity index (χ4v) is 5.00. The van der Waals surface area contributed by atoms with E-state index >= 15 is 0 Å². The average Bonchev–Trinajstić information content (AvgIpc) is 3.71. The van der Waals surface area contributed by atoms with E-state index in [4.69, 9.17) is 28.7 Å². The molecule has 6 aromatic rings. The number of fused-ring (bicyclic) bond motifs is 4. The molecule has 1 atom stereocenters. The largest absolute Gasteiger partial charge is 0.493 e. The van der Waals surface area contributed by atoms with E-state index in [9.17, 15) is 0 Å². The molecule has 0 unspecified atom stereocenters. The van der Waals surface area contributed by atoms with Gasteiger partial charge in [0.1, 0.15) is 6.33 Å². The van der Waals surface area contributed by atoms with Gasteiger partial charge in [0.2, 0.25) is 17.6 Å². The van der Waals surface area contributed by atoms with E-state index in [0.29, 0.717) is 40.5 Å². The standard InChI is InChI=1S/C28H22N6O4/c1-16-22-23(17-11-12-19(35-2)21(14-17)36-3)24-26-30-25(20-10-7-13-37-20)32-33(26)15-29-27(24)38-28(22)34(31-16)18-8-5-4-6-9-18/h4-15,23H,1-3H3/t23-/m1/s1. The SMILES string of the molecule is COc1ccc([C@@H]2c3c(C)nn(-c4ccccc4)c3Oc3ncn4nc(-c5ccco5)nc4c32)cc1OC. The van der Waals surface area contributed by atoms with Crippen molar-refractivity contribution in [2.45, 2.75) is 12.8 Å². The zero-order valence-electron chi connectivity index (χ0n) is 20.8. The van der Waals surface area contributed by atoms with E-state index in [0.717, 1.165) is 28.1 Å². The molecule has 1 aliphatic rings. The van der Waals surface area contributed by atoms with Crippen LogP contribution in [0.15, 0.2) is 77.7 Å². The molecule has 188 valence electrons. The van der Waals surface area contributed by atoms with Gasteiger partial charge in [-0.25, -0.2) is 19.2 Å². The Morgan fingerprint density at radius 2 is 1.74 bits per heavy atom. The molecule has 10 heteroatoms. The molecule has 4 aromatic heterocycles. The summed E-state index contributed by atoms with van der Waals surface area (Å²) in [6.07, 6.45) is 3.19. The summed E-state index contributed by atoms with van der Waals surface area (Å²) >= 11 is 0. The van der Waals surface area contributed by atoms with Crippen LogP contribution in [0.3, 0.4) is 0 Å². The number of aromatic nitrogens is 6. The molecule has 0 spiro atoms. The third-order valence-corrected chi connectivity index (χ3v) is 6.70. The van der Waals surface area contributed by atoms with Gasteiger partial charge in [-0.3, -0.25) is 0 Å². The zero-order valence-corrected chi connectivity index (χ0v) is 20.8. The van der Waals surface area contributed by atoms with Gasteiger partial charge < -0.3 is 18.6 Å². The van der Waals surface area contributed by atoms with Crippen LogP contribution in [0.4, 0.5) is 0 Å². The Balaban J connectivity index is 1.51. The van der Waals surface area contributed by atoms with Crippen molar-refractivity contribution in [1.29, 1.82) is 0 Å². The second kappa shape index (κ2) is 8.48. The van der Waals surface area contributed by atoms with Crippen molar-refractivity contribution in [3.63, 3.8) is 0 Å². The number of rotatable bonds is 5. The summed E-state index contributed by atoms with van der Waals surface area (Å²) < 4.78 is 26.6. The molecular weight excluding hydrogens is 484 g/mol. The topological polar surface area (TPSA) is 102 Å². The van der Waals surface area contributed by atoms with Crippen LogP contribution in [0.25, 0.3) is 22.9 Å². The molecule has 0 radical (unpaired) electrons. The third kappa shape index (κ3) is 3.27. The van der Waals surface area contributed by atoms with Crippen LogP contribution in [0.2, 0.25) is 0 Å². The summed E-state index contributed by atoms with van der Waals surface area (Å²) in [6.45, 7) is 1.98. The van der Waals surface area contributed by atoms with Gasteiger partial charge in [-0.05, 0) is 48.9 Å². The van der Waals surface area contributed by atoms with E-state index in [1.807, 2.05) is 66.2 Å². The van der Waals surface area contributed by atoms with E-state index < -0.39 is 0 Å². The van der Waals surface area contributed by atoms with Gasteiger partial charge in [0.25, 0.3) is 0 Å². The Morgan fingerprint density at radius 1 is 0.895 bits per heavy atom. The number of aryl methyl sites for hydroxylation is 1. The number of hydrogen-bond donors (Lipinski definition) is 0. The zero-order chi connectivity index (χ0) is 25.8. The van der Waals surface area contributed by atoms with Gasteiger partial charge in [0.15, 0.2) is 22.9 Å². The van der Waals surface area contributed by atoms with Gasteiger partial charge in [0, 0.05) is 0 Å². The first-order valence-electron chi connectivity index (χ1n) is 12.0. The van der Waals surface area contributed by atoms with Gasteiger partial charge in [0.05, 0.1) is 48.9 Å². The van der Waals surface area contributed by atoms with Gasteiger partial charge in [-0.1, -0.05) is 24.3 Å². The van der Waals surface area contributed by atoms with Crippen LogP contribution in [-0.4, -0.2) is 43.6 Å². The molecule has 0 N–H and O–H groups in total. The van der Waals surface area contributed by atoms with Crippen molar-refractivity contribution in [3.8, 4) is 40.5 Å². The first-order chi connectivity index (χ1) is 18.7. The van der Waals surface area contributed by atoms with Gasteiger partial charge >= 0.3 is 0 Å². The first kappa shape index (κ1) is 22.1. The summed E-state index contributed by atoms with van der Waals surface area (Å²) in [5.41, 5.74) is 4.94. The van der Waals surface area contributed by atoms with Crippen LogP contribution >= 0.6 is 0 Å². The molecule has 10 nitrogen and oxygen atoms in total. The molecule has 5 heterocycles. The number of methoxy groups -OCH3 is 2. The first-order valence-corrected chi connectivity index (χ1v) is 12.0. The van der Waals surface area contributed by atoms with Crippen LogP contribution in [0, 0.1) is 6.92 Å². The Hall–Kier alpha value is -5.12. The van der Waals surface area contributed by atoms with Crippen molar-refractivity contribution < 1.29 is 18.6 Å². The second-order valence-corrected chi connectivity index (χ2v) is 8.85. The number of furan rings is 1. The van der Waals surface area contributed by atoms with Gasteiger partial charge in [-0.15, -0.1) is 5.10 Å². The van der Waals surface area contributed by atoms with E-state index in [1.54, 1.807) is 37.4 Å². The molecule has 1 aliphatic heterocycles. The number of nitrogens with zero attached hydrogens (tertiary/aromatic N) is 6. The van der Waals surface area contributed by atoms with Crippen LogP contribution < -0.4 is 14.2 Å². The van der Waals surface area contributed by atoms with Crippen LogP contribution in [-0.2, 0) is 0 Å². The summed E-state index contributed by atoms with van der Waals surface area (Å²) in [6, 6.07) is 19.4. The fraction of sp³-hybridized carbons (Fsp3) is 0.143. The van der Waals surface area contributed by atoms with Crippen molar-refractivity contribution in [2.24, 2.45) is 0 Å². The lowest BCUT2D eigenvalue weighted by Crippen LogP contribution is -2.16. The highest BCUT2D eigenvalue weighted by atomic mass is 16.5.